The molecular formula is C17H16O5. The van der Waals surface area contributed by atoms with E-state index in [9.17, 15) is 20.1 Å². The van der Waals surface area contributed by atoms with Crippen LogP contribution in [-0.4, -0.2) is 21.1 Å². The molecule has 0 amide bonds. The van der Waals surface area contributed by atoms with Crippen LogP contribution in [0.25, 0.3) is 0 Å². The molecule has 5 heteroatoms. The SMILES string of the molecule is Cc1c(O)c(C)c2c(c1O)CC(=O)C(c1ccc(O)cc1)O2. The molecule has 3 N–H and O–H groups in total. The van der Waals surface area contributed by atoms with Gasteiger partial charge in [-0.15, -0.1) is 0 Å². The van der Waals surface area contributed by atoms with Gasteiger partial charge in [0, 0.05) is 28.7 Å². The lowest BCUT2D eigenvalue weighted by Crippen LogP contribution is -2.26. The minimum absolute atomic E-state index is 0.0324. The molecule has 114 valence electrons. The Balaban J connectivity index is 2.09. The van der Waals surface area contributed by atoms with Crippen molar-refractivity contribution in [2.45, 2.75) is 26.4 Å². The van der Waals surface area contributed by atoms with Crippen molar-refractivity contribution in [2.75, 3.05) is 0 Å². The molecule has 3 rings (SSSR count). The zero-order valence-electron chi connectivity index (χ0n) is 12.3. The number of rotatable bonds is 1. The number of hydrogen-bond acceptors (Lipinski definition) is 5. The maximum atomic E-state index is 12.3. The third-order valence-corrected chi connectivity index (χ3v) is 4.04. The molecule has 0 spiro atoms. The van der Waals surface area contributed by atoms with Crippen LogP contribution in [0, 0.1) is 13.8 Å². The smallest absolute Gasteiger partial charge is 0.182 e. The quantitative estimate of drug-likeness (QED) is 0.753. The van der Waals surface area contributed by atoms with Gasteiger partial charge in [0.25, 0.3) is 0 Å². The molecular weight excluding hydrogens is 284 g/mol. The molecule has 0 saturated carbocycles. The van der Waals surface area contributed by atoms with Gasteiger partial charge in [-0.2, -0.15) is 0 Å². The van der Waals surface area contributed by atoms with Crippen molar-refractivity contribution in [3.63, 3.8) is 0 Å². The number of carbonyl (C=O) groups excluding carboxylic acids is 1. The number of fused-ring (bicyclic) bond motifs is 1. The van der Waals surface area contributed by atoms with Crippen molar-refractivity contribution in [2.24, 2.45) is 0 Å². The molecule has 22 heavy (non-hydrogen) atoms. The van der Waals surface area contributed by atoms with Gasteiger partial charge in [0.1, 0.15) is 23.0 Å². The monoisotopic (exact) mass is 300 g/mol. The first-order valence-corrected chi connectivity index (χ1v) is 6.92. The highest BCUT2D eigenvalue weighted by molar-refractivity contribution is 5.90. The maximum Gasteiger partial charge on any atom is 0.182 e. The average molecular weight is 300 g/mol. The Morgan fingerprint density at radius 2 is 1.64 bits per heavy atom. The molecule has 1 unspecified atom stereocenters. The van der Waals surface area contributed by atoms with E-state index in [0.29, 0.717) is 28.0 Å². The third kappa shape index (κ3) is 2.06. The van der Waals surface area contributed by atoms with E-state index < -0.39 is 6.10 Å². The highest BCUT2D eigenvalue weighted by atomic mass is 16.5. The van der Waals surface area contributed by atoms with Crippen LogP contribution in [0.15, 0.2) is 24.3 Å². The number of ketones is 1. The van der Waals surface area contributed by atoms with Gasteiger partial charge in [-0.3, -0.25) is 4.79 Å². The predicted molar refractivity (Wildman–Crippen MR) is 79.4 cm³/mol. The lowest BCUT2D eigenvalue weighted by atomic mass is 9.92. The van der Waals surface area contributed by atoms with E-state index in [1.165, 1.54) is 12.1 Å². The fourth-order valence-corrected chi connectivity index (χ4v) is 2.74. The number of hydrogen-bond donors (Lipinski definition) is 3. The lowest BCUT2D eigenvalue weighted by molar-refractivity contribution is -0.126. The molecule has 0 fully saturated rings. The van der Waals surface area contributed by atoms with Crippen LogP contribution in [0.3, 0.4) is 0 Å². The third-order valence-electron chi connectivity index (χ3n) is 4.04. The number of ether oxygens (including phenoxy) is 1. The van der Waals surface area contributed by atoms with Crippen molar-refractivity contribution in [3.05, 3.63) is 46.5 Å². The summed E-state index contributed by atoms with van der Waals surface area (Å²) in [7, 11) is 0. The van der Waals surface area contributed by atoms with Crippen molar-refractivity contribution >= 4 is 5.78 Å². The first-order chi connectivity index (χ1) is 10.4. The fraction of sp³-hybridized carbons (Fsp3) is 0.235. The van der Waals surface area contributed by atoms with Crippen LogP contribution in [-0.2, 0) is 11.2 Å². The van der Waals surface area contributed by atoms with E-state index in [2.05, 4.69) is 0 Å². The number of carbonyl (C=O) groups is 1. The molecule has 2 aromatic carbocycles. The van der Waals surface area contributed by atoms with Crippen molar-refractivity contribution in [1.82, 2.24) is 0 Å². The first kappa shape index (κ1) is 14.3. The molecule has 1 heterocycles. The van der Waals surface area contributed by atoms with Crippen LogP contribution in [0.1, 0.15) is 28.4 Å². The Morgan fingerprint density at radius 3 is 2.27 bits per heavy atom. The topological polar surface area (TPSA) is 87.0 Å². The largest absolute Gasteiger partial charge is 0.508 e. The van der Waals surface area contributed by atoms with Gasteiger partial charge >= 0.3 is 0 Å². The number of phenolic OH excluding ortho intramolecular Hbond substituents is 3. The van der Waals surface area contributed by atoms with E-state index in [1.807, 2.05) is 0 Å². The molecule has 0 saturated heterocycles. The van der Waals surface area contributed by atoms with Crippen molar-refractivity contribution < 1.29 is 24.9 Å². The zero-order valence-corrected chi connectivity index (χ0v) is 12.3. The second-order valence-corrected chi connectivity index (χ2v) is 5.49. The Bertz CT molecular complexity index is 762. The van der Waals surface area contributed by atoms with Gasteiger partial charge in [-0.05, 0) is 26.0 Å². The lowest BCUT2D eigenvalue weighted by Gasteiger charge is -2.28. The minimum Gasteiger partial charge on any atom is -0.508 e. The number of benzene rings is 2. The van der Waals surface area contributed by atoms with Crippen LogP contribution >= 0.6 is 0 Å². The minimum atomic E-state index is -0.812. The maximum absolute atomic E-state index is 12.3. The summed E-state index contributed by atoms with van der Waals surface area (Å²) < 4.78 is 5.77. The molecule has 1 atom stereocenters. The summed E-state index contributed by atoms with van der Waals surface area (Å²) in [4.78, 5) is 12.3. The Kier molecular flexibility index (Phi) is 3.20. The zero-order chi connectivity index (χ0) is 16.0. The van der Waals surface area contributed by atoms with E-state index in [4.69, 9.17) is 4.74 Å². The van der Waals surface area contributed by atoms with E-state index in [1.54, 1.807) is 26.0 Å². The molecule has 0 aliphatic carbocycles. The van der Waals surface area contributed by atoms with Gasteiger partial charge in [-0.1, -0.05) is 12.1 Å². The van der Waals surface area contributed by atoms with Gasteiger partial charge in [0.15, 0.2) is 11.9 Å². The second kappa shape index (κ2) is 4.94. The van der Waals surface area contributed by atoms with Crippen LogP contribution in [0.4, 0.5) is 0 Å². The fourth-order valence-electron chi connectivity index (χ4n) is 2.74. The van der Waals surface area contributed by atoms with Gasteiger partial charge in [0.2, 0.25) is 0 Å². The summed E-state index contributed by atoms with van der Waals surface area (Å²) in [5.41, 5.74) is 1.87. The Morgan fingerprint density at radius 1 is 1.00 bits per heavy atom. The highest BCUT2D eigenvalue weighted by Gasteiger charge is 2.34. The number of Topliss-reactive ketones (excluding diaryl/α,β-unsaturated/α-hetero) is 1. The van der Waals surface area contributed by atoms with E-state index in [0.717, 1.165) is 0 Å². The molecule has 0 bridgehead atoms. The van der Waals surface area contributed by atoms with Crippen LogP contribution < -0.4 is 4.74 Å². The van der Waals surface area contributed by atoms with Crippen molar-refractivity contribution in [3.8, 4) is 23.0 Å². The second-order valence-electron chi connectivity index (χ2n) is 5.49. The number of aromatic hydroxyl groups is 3. The summed E-state index contributed by atoms with van der Waals surface area (Å²) in [6, 6.07) is 6.20. The standard InChI is InChI=1S/C17H16O5/c1-8-14(20)9(2)16-12(15(8)21)7-13(19)17(22-16)10-3-5-11(18)6-4-10/h3-6,17-18,20-21H,7H2,1-2H3. The van der Waals surface area contributed by atoms with E-state index >= 15 is 0 Å². The molecule has 1 aliphatic rings. The summed E-state index contributed by atoms with van der Waals surface area (Å²) >= 11 is 0. The van der Waals surface area contributed by atoms with Gasteiger partial charge in [0.05, 0.1) is 0 Å². The highest BCUT2D eigenvalue weighted by Crippen LogP contribution is 2.46. The predicted octanol–water partition coefficient (Wildman–Crippen LogP) is 2.67. The first-order valence-electron chi connectivity index (χ1n) is 6.92. The Hall–Kier alpha value is -2.69. The normalized spacial score (nSPS) is 17.0. The summed E-state index contributed by atoms with van der Waals surface area (Å²) in [6.07, 6.45) is -0.775. The summed E-state index contributed by atoms with van der Waals surface area (Å²) in [5.74, 6) is 0.136. The summed E-state index contributed by atoms with van der Waals surface area (Å²) in [6.45, 7) is 3.28. The molecule has 0 radical (unpaired) electrons. The van der Waals surface area contributed by atoms with Crippen molar-refractivity contribution in [1.29, 1.82) is 0 Å². The Labute approximate surface area is 127 Å². The average Bonchev–Trinajstić information content (AvgIpc) is 2.51. The van der Waals surface area contributed by atoms with Gasteiger partial charge < -0.3 is 20.1 Å². The molecule has 2 aromatic rings. The molecule has 0 aromatic heterocycles. The van der Waals surface area contributed by atoms with E-state index in [-0.39, 0.29) is 29.5 Å². The van der Waals surface area contributed by atoms with Gasteiger partial charge in [-0.25, -0.2) is 0 Å². The number of phenols is 3. The summed E-state index contributed by atoms with van der Waals surface area (Å²) in [5, 5.41) is 29.5. The van der Waals surface area contributed by atoms with Crippen LogP contribution in [0.5, 0.6) is 23.0 Å². The molecule has 1 aliphatic heterocycles. The molecule has 5 nitrogen and oxygen atoms in total. The van der Waals surface area contributed by atoms with Crippen LogP contribution in [0.2, 0.25) is 0 Å².